The highest BCUT2D eigenvalue weighted by Gasteiger charge is 2.35. The highest BCUT2D eigenvalue weighted by atomic mass is 19.1. The van der Waals surface area contributed by atoms with Crippen LogP contribution in [0.25, 0.3) is 0 Å². The molecule has 0 aliphatic carbocycles. The molecule has 1 aromatic heterocycles. The Morgan fingerprint density at radius 1 is 1.38 bits per heavy atom. The molecule has 154 valence electrons. The molecule has 1 fully saturated rings. The number of hydrogen-bond acceptors (Lipinski definition) is 5. The molecule has 4 rings (SSSR count). The first-order chi connectivity index (χ1) is 14.2. The number of nitrogens with one attached hydrogen (secondary N) is 1. The molecule has 3 heterocycles. The van der Waals surface area contributed by atoms with Crippen LogP contribution >= 0.6 is 0 Å². The Morgan fingerprint density at radius 2 is 2.24 bits per heavy atom. The molecule has 0 radical (unpaired) electrons. The molecule has 1 amide bonds. The van der Waals surface area contributed by atoms with E-state index >= 15 is 0 Å². The Kier molecular flexibility index (Phi) is 6.04. The summed E-state index contributed by atoms with van der Waals surface area (Å²) in [6.45, 7) is 4.22. The van der Waals surface area contributed by atoms with Crippen LogP contribution in [0.1, 0.15) is 55.7 Å². The molecule has 29 heavy (non-hydrogen) atoms. The first kappa shape index (κ1) is 19.8. The van der Waals surface area contributed by atoms with Gasteiger partial charge < -0.3 is 15.0 Å². The average molecular weight is 398 g/mol. The van der Waals surface area contributed by atoms with Gasteiger partial charge in [-0.25, -0.2) is 14.4 Å². The van der Waals surface area contributed by atoms with Gasteiger partial charge in [0.05, 0.1) is 6.04 Å². The monoisotopic (exact) mass is 398 g/mol. The van der Waals surface area contributed by atoms with Gasteiger partial charge in [-0.2, -0.15) is 0 Å². The van der Waals surface area contributed by atoms with E-state index in [0.29, 0.717) is 18.8 Å². The van der Waals surface area contributed by atoms with E-state index in [2.05, 4.69) is 10.3 Å². The van der Waals surface area contributed by atoms with Crippen molar-refractivity contribution in [3.8, 4) is 5.75 Å². The minimum absolute atomic E-state index is 0.110. The molecule has 0 spiro atoms. The number of carbonyl (C=O) groups is 1. The van der Waals surface area contributed by atoms with E-state index in [1.54, 1.807) is 18.2 Å². The normalized spacial score (nSPS) is 20.1. The molecule has 0 bridgehead atoms. The van der Waals surface area contributed by atoms with Crippen molar-refractivity contribution in [1.82, 2.24) is 20.2 Å². The van der Waals surface area contributed by atoms with Gasteiger partial charge in [0.25, 0.3) is 5.91 Å². The molecule has 2 aromatic rings. The quantitative estimate of drug-likeness (QED) is 0.838. The summed E-state index contributed by atoms with van der Waals surface area (Å²) in [6.07, 6.45) is 5.29. The van der Waals surface area contributed by atoms with E-state index in [-0.39, 0.29) is 17.7 Å². The molecule has 6 nitrogen and oxygen atoms in total. The van der Waals surface area contributed by atoms with Crippen LogP contribution in [-0.4, -0.2) is 40.0 Å². The summed E-state index contributed by atoms with van der Waals surface area (Å²) in [7, 11) is 0. The number of rotatable bonds is 5. The lowest BCUT2D eigenvalue weighted by molar-refractivity contribution is -0.143. The van der Waals surface area contributed by atoms with Crippen LogP contribution in [0.15, 0.2) is 30.5 Å². The van der Waals surface area contributed by atoms with Crippen molar-refractivity contribution in [1.29, 1.82) is 0 Å². The fourth-order valence-corrected chi connectivity index (χ4v) is 4.06. The van der Waals surface area contributed by atoms with Crippen molar-refractivity contribution in [2.75, 3.05) is 13.1 Å². The van der Waals surface area contributed by atoms with E-state index in [1.165, 1.54) is 6.07 Å². The van der Waals surface area contributed by atoms with Gasteiger partial charge in [-0.05, 0) is 37.8 Å². The summed E-state index contributed by atoms with van der Waals surface area (Å²) in [5.41, 5.74) is 2.20. The van der Waals surface area contributed by atoms with Gasteiger partial charge in [0.1, 0.15) is 0 Å². The zero-order valence-electron chi connectivity index (χ0n) is 16.7. The Bertz CT molecular complexity index is 876. The standard InChI is InChI=1S/C22H27FN4O2/c1-2-19(29-20-9-4-3-7-16(20)23)22(28)27-12-6-5-8-18(27)21-25-14-15-13-24-11-10-17(15)26-21/h3-4,7,9,14,18-19,24H,2,5-6,8,10-13H2,1H3. The van der Waals surface area contributed by atoms with Gasteiger partial charge in [0.15, 0.2) is 23.5 Å². The van der Waals surface area contributed by atoms with Crippen molar-refractivity contribution < 1.29 is 13.9 Å². The maximum atomic E-state index is 14.0. The number of aromatic nitrogens is 2. The summed E-state index contributed by atoms with van der Waals surface area (Å²) in [5.74, 6) is 0.238. The number of nitrogens with zero attached hydrogens (tertiary/aromatic N) is 3. The highest BCUT2D eigenvalue weighted by Crippen LogP contribution is 2.31. The van der Waals surface area contributed by atoms with Crippen LogP contribution < -0.4 is 10.1 Å². The first-order valence-electron chi connectivity index (χ1n) is 10.4. The van der Waals surface area contributed by atoms with Crippen LogP contribution in [0.3, 0.4) is 0 Å². The van der Waals surface area contributed by atoms with Crippen LogP contribution in [-0.2, 0) is 17.8 Å². The number of benzene rings is 1. The van der Waals surface area contributed by atoms with Gasteiger partial charge in [0, 0.05) is 43.5 Å². The molecule has 2 aliphatic rings. The SMILES string of the molecule is CCC(Oc1ccccc1F)C(=O)N1CCCCC1c1ncc2c(n1)CCNC2. The average Bonchev–Trinajstić information content (AvgIpc) is 2.78. The summed E-state index contributed by atoms with van der Waals surface area (Å²) in [6, 6.07) is 6.05. The van der Waals surface area contributed by atoms with E-state index in [1.807, 2.05) is 18.0 Å². The van der Waals surface area contributed by atoms with E-state index in [4.69, 9.17) is 9.72 Å². The summed E-state index contributed by atoms with van der Waals surface area (Å²) < 4.78 is 19.8. The van der Waals surface area contributed by atoms with Crippen LogP contribution in [0.5, 0.6) is 5.75 Å². The second-order valence-corrected chi connectivity index (χ2v) is 7.62. The summed E-state index contributed by atoms with van der Waals surface area (Å²) in [4.78, 5) is 24.6. The minimum atomic E-state index is -0.727. The second kappa shape index (κ2) is 8.86. The van der Waals surface area contributed by atoms with E-state index < -0.39 is 11.9 Å². The third kappa shape index (κ3) is 4.24. The van der Waals surface area contributed by atoms with E-state index in [0.717, 1.165) is 50.0 Å². The van der Waals surface area contributed by atoms with Crippen molar-refractivity contribution in [3.63, 3.8) is 0 Å². The lowest BCUT2D eigenvalue weighted by atomic mass is 9.99. The van der Waals surface area contributed by atoms with Crippen molar-refractivity contribution >= 4 is 5.91 Å². The number of piperidine rings is 1. The third-order valence-corrected chi connectivity index (χ3v) is 5.66. The molecule has 2 aliphatic heterocycles. The topological polar surface area (TPSA) is 67.3 Å². The second-order valence-electron chi connectivity index (χ2n) is 7.62. The molecular weight excluding hydrogens is 371 g/mol. The molecule has 1 aromatic carbocycles. The molecule has 7 heteroatoms. The number of para-hydroxylation sites is 1. The first-order valence-corrected chi connectivity index (χ1v) is 10.4. The zero-order chi connectivity index (χ0) is 20.2. The maximum Gasteiger partial charge on any atom is 0.264 e. The minimum Gasteiger partial charge on any atom is -0.478 e. The van der Waals surface area contributed by atoms with Crippen molar-refractivity contribution in [2.24, 2.45) is 0 Å². The Hall–Kier alpha value is -2.54. The lowest BCUT2D eigenvalue weighted by Crippen LogP contribution is -2.46. The largest absolute Gasteiger partial charge is 0.478 e. The summed E-state index contributed by atoms with van der Waals surface area (Å²) >= 11 is 0. The number of carbonyl (C=O) groups excluding carboxylic acids is 1. The van der Waals surface area contributed by atoms with Gasteiger partial charge in [-0.3, -0.25) is 4.79 Å². The fourth-order valence-electron chi connectivity index (χ4n) is 4.06. The van der Waals surface area contributed by atoms with Gasteiger partial charge in [-0.1, -0.05) is 19.1 Å². The third-order valence-electron chi connectivity index (χ3n) is 5.66. The smallest absolute Gasteiger partial charge is 0.264 e. The molecule has 1 N–H and O–H groups in total. The molecule has 0 saturated carbocycles. The number of fused-ring (bicyclic) bond motifs is 1. The highest BCUT2D eigenvalue weighted by molar-refractivity contribution is 5.81. The van der Waals surface area contributed by atoms with Gasteiger partial charge >= 0.3 is 0 Å². The predicted molar refractivity (Wildman–Crippen MR) is 107 cm³/mol. The number of halogens is 1. The Morgan fingerprint density at radius 3 is 3.07 bits per heavy atom. The van der Waals surface area contributed by atoms with Crippen LogP contribution in [0, 0.1) is 5.82 Å². The van der Waals surface area contributed by atoms with Crippen LogP contribution in [0.2, 0.25) is 0 Å². The number of amides is 1. The Balaban J connectivity index is 1.56. The van der Waals surface area contributed by atoms with E-state index in [9.17, 15) is 9.18 Å². The fraction of sp³-hybridized carbons (Fsp3) is 0.500. The molecular formula is C22H27FN4O2. The maximum absolute atomic E-state index is 14.0. The number of ether oxygens (including phenoxy) is 1. The molecule has 2 atom stereocenters. The lowest BCUT2D eigenvalue weighted by Gasteiger charge is -2.37. The number of hydrogen-bond donors (Lipinski definition) is 1. The molecule has 2 unspecified atom stereocenters. The zero-order valence-corrected chi connectivity index (χ0v) is 16.7. The number of likely N-dealkylation sites (tertiary alicyclic amines) is 1. The van der Waals surface area contributed by atoms with Crippen molar-refractivity contribution in [2.45, 2.75) is 57.7 Å². The van der Waals surface area contributed by atoms with Gasteiger partial charge in [0.2, 0.25) is 0 Å². The van der Waals surface area contributed by atoms with Crippen molar-refractivity contribution in [3.05, 3.63) is 53.4 Å². The van der Waals surface area contributed by atoms with Crippen LogP contribution in [0.4, 0.5) is 4.39 Å². The predicted octanol–water partition coefficient (Wildman–Crippen LogP) is 3.17. The Labute approximate surface area is 170 Å². The molecule has 1 saturated heterocycles. The van der Waals surface area contributed by atoms with Gasteiger partial charge in [-0.15, -0.1) is 0 Å². The summed E-state index contributed by atoms with van der Waals surface area (Å²) in [5, 5.41) is 3.33.